The maximum absolute atomic E-state index is 13.1. The minimum Gasteiger partial charge on any atom is -0.394 e. The molecule has 0 bridgehead atoms. The lowest BCUT2D eigenvalue weighted by atomic mass is 9.99. The maximum Gasteiger partial charge on any atom is 0.220 e. The highest BCUT2D eigenvalue weighted by atomic mass is 16.7. The minimum atomic E-state index is -1.57. The number of ether oxygens (including phenoxy) is 2. The molecule has 9 nitrogen and oxygen atoms in total. The highest BCUT2D eigenvalue weighted by molar-refractivity contribution is 5.76. The molecule has 0 aromatic heterocycles. The Labute approximate surface area is 486 Å². The number of nitrogens with one attached hydrogen (secondary N) is 1. The molecular weight excluding hydrogens is 983 g/mol. The minimum absolute atomic E-state index is 0.184. The average Bonchev–Trinajstić information content (AvgIpc) is 3.46. The van der Waals surface area contributed by atoms with Crippen molar-refractivity contribution in [2.45, 2.75) is 339 Å². The quantitative estimate of drug-likeness (QED) is 0.0261. The van der Waals surface area contributed by atoms with Gasteiger partial charge in [0.25, 0.3) is 0 Å². The van der Waals surface area contributed by atoms with Crippen LogP contribution in [0.15, 0.2) is 85.1 Å². The van der Waals surface area contributed by atoms with Crippen LogP contribution in [0.1, 0.15) is 296 Å². The molecule has 6 N–H and O–H groups in total. The molecule has 0 aromatic carbocycles. The summed E-state index contributed by atoms with van der Waals surface area (Å²) >= 11 is 0. The number of amides is 1. The second-order valence-electron chi connectivity index (χ2n) is 22.9. The lowest BCUT2D eigenvalue weighted by molar-refractivity contribution is -0.302. The number of allylic oxidation sites excluding steroid dienone is 13. The van der Waals surface area contributed by atoms with Gasteiger partial charge in [-0.3, -0.25) is 4.79 Å². The fraction of sp³-hybridized carbons (Fsp3) is 0.786. The van der Waals surface area contributed by atoms with Gasteiger partial charge in [-0.1, -0.05) is 298 Å². The van der Waals surface area contributed by atoms with E-state index in [1.54, 1.807) is 6.08 Å². The van der Waals surface area contributed by atoms with Crippen molar-refractivity contribution >= 4 is 5.91 Å². The first-order valence-corrected chi connectivity index (χ1v) is 33.3. The van der Waals surface area contributed by atoms with Crippen LogP contribution in [0.5, 0.6) is 0 Å². The van der Waals surface area contributed by atoms with Crippen molar-refractivity contribution in [3.8, 4) is 0 Å². The fourth-order valence-electron chi connectivity index (χ4n) is 10.3. The fourth-order valence-corrected chi connectivity index (χ4v) is 10.3. The molecular formula is C70H125NO8. The van der Waals surface area contributed by atoms with Crippen molar-refractivity contribution in [2.24, 2.45) is 0 Å². The van der Waals surface area contributed by atoms with Crippen molar-refractivity contribution in [2.75, 3.05) is 13.2 Å². The predicted octanol–water partition coefficient (Wildman–Crippen LogP) is 17.7. The van der Waals surface area contributed by atoms with E-state index in [9.17, 15) is 30.3 Å². The van der Waals surface area contributed by atoms with Crippen molar-refractivity contribution in [1.29, 1.82) is 0 Å². The highest BCUT2D eigenvalue weighted by Gasteiger charge is 2.44. The second kappa shape index (κ2) is 58.6. The number of hydrogen-bond donors (Lipinski definition) is 6. The molecule has 0 saturated carbocycles. The number of aliphatic hydroxyl groups excluding tert-OH is 5. The summed E-state index contributed by atoms with van der Waals surface area (Å²) in [7, 11) is 0. The van der Waals surface area contributed by atoms with E-state index in [1.807, 2.05) is 6.08 Å². The molecule has 9 heteroatoms. The predicted molar refractivity (Wildman–Crippen MR) is 336 cm³/mol. The zero-order chi connectivity index (χ0) is 57.2. The Morgan fingerprint density at radius 1 is 0.443 bits per heavy atom. The summed E-state index contributed by atoms with van der Waals surface area (Å²) in [5.41, 5.74) is 0. The summed E-state index contributed by atoms with van der Waals surface area (Å²) in [6, 6.07) is -0.822. The van der Waals surface area contributed by atoms with Crippen molar-refractivity contribution in [3.63, 3.8) is 0 Å². The lowest BCUT2D eigenvalue weighted by Crippen LogP contribution is -2.60. The zero-order valence-electron chi connectivity index (χ0n) is 51.1. The van der Waals surface area contributed by atoms with Gasteiger partial charge < -0.3 is 40.3 Å². The van der Waals surface area contributed by atoms with Crippen LogP contribution < -0.4 is 5.32 Å². The van der Waals surface area contributed by atoms with E-state index in [0.29, 0.717) is 6.42 Å². The summed E-state index contributed by atoms with van der Waals surface area (Å²) in [6.07, 6.45) is 77.0. The van der Waals surface area contributed by atoms with Crippen LogP contribution >= 0.6 is 0 Å². The number of carbonyl (C=O) groups is 1. The van der Waals surface area contributed by atoms with E-state index in [1.165, 1.54) is 205 Å². The molecule has 79 heavy (non-hydrogen) atoms. The molecule has 7 unspecified atom stereocenters. The van der Waals surface area contributed by atoms with E-state index >= 15 is 0 Å². The summed E-state index contributed by atoms with van der Waals surface area (Å²) in [5, 5.41) is 54.5. The van der Waals surface area contributed by atoms with E-state index in [0.717, 1.165) is 70.6 Å². The van der Waals surface area contributed by atoms with Gasteiger partial charge in [-0.05, 0) is 77.0 Å². The Kier molecular flexibility index (Phi) is 55.1. The Balaban J connectivity index is 2.04. The lowest BCUT2D eigenvalue weighted by Gasteiger charge is -2.40. The molecule has 0 radical (unpaired) electrons. The third kappa shape index (κ3) is 47.6. The number of hydrogen-bond acceptors (Lipinski definition) is 8. The molecule has 0 aliphatic carbocycles. The third-order valence-corrected chi connectivity index (χ3v) is 15.5. The third-order valence-electron chi connectivity index (χ3n) is 15.5. The first kappa shape index (κ1) is 74.4. The van der Waals surface area contributed by atoms with Crippen LogP contribution in [0.4, 0.5) is 0 Å². The Hall–Kier alpha value is -2.63. The van der Waals surface area contributed by atoms with Crippen LogP contribution in [0.25, 0.3) is 0 Å². The highest BCUT2D eigenvalue weighted by Crippen LogP contribution is 2.23. The summed E-state index contributed by atoms with van der Waals surface area (Å²) < 4.78 is 11.3. The Morgan fingerprint density at radius 2 is 0.797 bits per heavy atom. The van der Waals surface area contributed by atoms with E-state index in [-0.39, 0.29) is 12.5 Å². The zero-order valence-corrected chi connectivity index (χ0v) is 51.1. The molecule has 0 spiro atoms. The maximum atomic E-state index is 13.1. The van der Waals surface area contributed by atoms with Gasteiger partial charge >= 0.3 is 0 Å². The van der Waals surface area contributed by atoms with Crippen LogP contribution in [0, 0.1) is 0 Å². The monoisotopic (exact) mass is 1110 g/mol. The first-order valence-electron chi connectivity index (χ1n) is 33.3. The average molecular weight is 1110 g/mol. The molecule has 458 valence electrons. The summed E-state index contributed by atoms with van der Waals surface area (Å²) in [4.78, 5) is 13.1. The van der Waals surface area contributed by atoms with Crippen LogP contribution in [-0.2, 0) is 14.3 Å². The van der Waals surface area contributed by atoms with Gasteiger partial charge in [0, 0.05) is 6.42 Å². The number of rotatable bonds is 57. The standard InChI is InChI=1S/C70H125NO8/c1-3-5-7-9-11-13-15-17-19-20-21-22-23-24-25-26-27-28-29-30-31-32-33-34-35-36-37-38-39-40-41-42-43-44-46-48-50-52-54-56-58-60-66(74)71-63(62-78-70-69(77)68(76)67(75)65(61-72)79-70)64(73)59-57-55-53-51-49-47-45-18-16-14-12-10-8-6-4-2/h5,7,11,13,17,19,21-22,24-25,49,51,57,59,63-65,67-70,72-73,75-77H,3-4,6,8-10,12,14-16,18,20,23,26-48,50,52-56,58,60-62H2,1-2H3,(H,71,74)/b7-5-,13-11-,19-17-,22-21-,25-24-,51-49+,59-57+. The number of unbranched alkanes of at least 4 members (excludes halogenated alkanes) is 35. The van der Waals surface area contributed by atoms with Gasteiger partial charge in [-0.15, -0.1) is 0 Å². The molecule has 1 fully saturated rings. The topological polar surface area (TPSA) is 149 Å². The molecule has 1 amide bonds. The molecule has 1 aliphatic rings. The van der Waals surface area contributed by atoms with E-state index < -0.39 is 49.5 Å². The van der Waals surface area contributed by atoms with Crippen LogP contribution in [0.2, 0.25) is 0 Å². The molecule has 7 atom stereocenters. The second-order valence-corrected chi connectivity index (χ2v) is 22.9. The van der Waals surface area contributed by atoms with E-state index in [2.05, 4.69) is 92.1 Å². The number of carbonyl (C=O) groups excluding carboxylic acids is 1. The normalized spacial score (nSPS) is 19.1. The molecule has 0 aromatic rings. The van der Waals surface area contributed by atoms with Crippen LogP contribution in [-0.4, -0.2) is 87.5 Å². The first-order chi connectivity index (χ1) is 38.8. The number of aliphatic hydroxyl groups is 5. The van der Waals surface area contributed by atoms with Crippen LogP contribution in [0.3, 0.4) is 0 Å². The Morgan fingerprint density at radius 3 is 1.22 bits per heavy atom. The molecule has 1 aliphatic heterocycles. The van der Waals surface area contributed by atoms with Gasteiger partial charge in [-0.2, -0.15) is 0 Å². The largest absolute Gasteiger partial charge is 0.394 e. The SMILES string of the molecule is CC/C=C\C/C=C\C/C=C\C/C=C\C/C=C\CCCCCCCCCCCCCCCCCCCCCCCCCCCC(=O)NC(COC1OC(CO)C(O)C(O)C1O)C(O)/C=C/CC/C=C/CCCCCCCCCCC. The van der Waals surface area contributed by atoms with Gasteiger partial charge in [-0.25, -0.2) is 0 Å². The smallest absolute Gasteiger partial charge is 0.220 e. The molecule has 1 heterocycles. The van der Waals surface area contributed by atoms with Crippen molar-refractivity contribution < 1.29 is 39.8 Å². The van der Waals surface area contributed by atoms with Crippen molar-refractivity contribution in [3.05, 3.63) is 85.1 Å². The summed E-state index contributed by atoms with van der Waals surface area (Å²) in [5.74, 6) is -0.184. The molecule has 1 saturated heterocycles. The van der Waals surface area contributed by atoms with Crippen molar-refractivity contribution in [1.82, 2.24) is 5.32 Å². The van der Waals surface area contributed by atoms with Gasteiger partial charge in [0.1, 0.15) is 24.4 Å². The summed E-state index contributed by atoms with van der Waals surface area (Å²) in [6.45, 7) is 3.66. The van der Waals surface area contributed by atoms with Gasteiger partial charge in [0.2, 0.25) is 5.91 Å². The Bertz CT molecular complexity index is 1520. The van der Waals surface area contributed by atoms with Gasteiger partial charge in [0.05, 0.1) is 25.4 Å². The molecule has 1 rings (SSSR count). The van der Waals surface area contributed by atoms with Gasteiger partial charge in [0.15, 0.2) is 6.29 Å². The van der Waals surface area contributed by atoms with E-state index in [4.69, 9.17) is 9.47 Å².